The van der Waals surface area contributed by atoms with Gasteiger partial charge in [-0.25, -0.2) is 0 Å². The number of amides is 2. The van der Waals surface area contributed by atoms with Crippen molar-refractivity contribution < 1.29 is 9.59 Å². The van der Waals surface area contributed by atoms with Gasteiger partial charge in [-0.05, 0) is 44.0 Å². The van der Waals surface area contributed by atoms with Gasteiger partial charge in [0.15, 0.2) is 0 Å². The Balaban J connectivity index is 1.77. The molecule has 0 atom stereocenters. The second kappa shape index (κ2) is 6.71. The molecule has 2 amide bonds. The van der Waals surface area contributed by atoms with Crippen molar-refractivity contribution in [1.82, 2.24) is 9.80 Å². The van der Waals surface area contributed by atoms with Crippen LogP contribution >= 0.6 is 0 Å². The summed E-state index contributed by atoms with van der Waals surface area (Å²) in [4.78, 5) is 28.7. The summed E-state index contributed by atoms with van der Waals surface area (Å²) >= 11 is 0. The Bertz CT molecular complexity index is 778. The van der Waals surface area contributed by atoms with E-state index in [0.29, 0.717) is 18.7 Å². The molecule has 0 unspecified atom stereocenters. The summed E-state index contributed by atoms with van der Waals surface area (Å²) in [5.41, 5.74) is 2.50. The van der Waals surface area contributed by atoms with E-state index in [1.807, 2.05) is 80.3 Å². The Kier molecular flexibility index (Phi) is 4.62. The molecule has 2 aromatic carbocycles. The van der Waals surface area contributed by atoms with Crippen molar-refractivity contribution in [3.05, 3.63) is 60.2 Å². The van der Waals surface area contributed by atoms with Crippen LogP contribution in [0.2, 0.25) is 0 Å². The fraction of sp³-hybridized carbons (Fsp3) is 0.333. The second-order valence-electron chi connectivity index (χ2n) is 7.39. The minimum atomic E-state index is -0.209. The molecule has 1 heterocycles. The Morgan fingerprint density at radius 2 is 1.60 bits per heavy atom. The van der Waals surface area contributed by atoms with Gasteiger partial charge in [0, 0.05) is 24.2 Å². The Hall–Kier alpha value is -2.62. The standard InChI is InChI=1S/C21H24N2O2/c1-21(2,3)23-13-12-22(15-19(23)24)20(25)18-11-7-10-17(14-18)16-8-5-4-6-9-16/h4-11,14H,12-13,15H2,1-3H3. The molecule has 3 rings (SSSR count). The number of hydrogen-bond donors (Lipinski definition) is 0. The summed E-state index contributed by atoms with van der Waals surface area (Å²) in [5, 5.41) is 0. The van der Waals surface area contributed by atoms with E-state index in [1.54, 1.807) is 4.90 Å². The highest BCUT2D eigenvalue weighted by Crippen LogP contribution is 2.22. The van der Waals surface area contributed by atoms with Crippen LogP contribution in [0.5, 0.6) is 0 Å². The summed E-state index contributed by atoms with van der Waals surface area (Å²) in [5.74, 6) is -0.0778. The molecule has 4 heteroatoms. The number of carbonyl (C=O) groups excluding carboxylic acids is 2. The Morgan fingerprint density at radius 1 is 0.920 bits per heavy atom. The maximum atomic E-state index is 12.8. The zero-order valence-electron chi connectivity index (χ0n) is 15.0. The van der Waals surface area contributed by atoms with Gasteiger partial charge in [-0.1, -0.05) is 42.5 Å². The fourth-order valence-corrected chi connectivity index (χ4v) is 3.20. The average Bonchev–Trinajstić information content (AvgIpc) is 2.61. The quantitative estimate of drug-likeness (QED) is 0.843. The normalized spacial score (nSPS) is 15.4. The molecule has 2 aromatic rings. The minimum absolute atomic E-state index is 0.00585. The lowest BCUT2D eigenvalue weighted by Gasteiger charge is -2.42. The first-order valence-corrected chi connectivity index (χ1v) is 8.61. The van der Waals surface area contributed by atoms with Gasteiger partial charge in [-0.2, -0.15) is 0 Å². The number of nitrogens with zero attached hydrogens (tertiary/aromatic N) is 2. The van der Waals surface area contributed by atoms with E-state index in [2.05, 4.69) is 0 Å². The Morgan fingerprint density at radius 3 is 2.24 bits per heavy atom. The van der Waals surface area contributed by atoms with Gasteiger partial charge < -0.3 is 9.80 Å². The first-order valence-electron chi connectivity index (χ1n) is 8.61. The minimum Gasteiger partial charge on any atom is -0.335 e. The highest BCUT2D eigenvalue weighted by atomic mass is 16.2. The molecule has 0 bridgehead atoms. The van der Waals surface area contributed by atoms with Crippen LogP contribution in [-0.2, 0) is 4.79 Å². The molecule has 130 valence electrons. The van der Waals surface area contributed by atoms with Crippen molar-refractivity contribution in [1.29, 1.82) is 0 Å². The lowest BCUT2D eigenvalue weighted by molar-refractivity contribution is -0.140. The molecule has 0 aromatic heterocycles. The van der Waals surface area contributed by atoms with E-state index in [1.165, 1.54) is 0 Å². The van der Waals surface area contributed by atoms with Crippen LogP contribution in [0.25, 0.3) is 11.1 Å². The largest absolute Gasteiger partial charge is 0.335 e. The number of rotatable bonds is 2. The molecule has 1 saturated heterocycles. The third kappa shape index (κ3) is 3.73. The summed E-state index contributed by atoms with van der Waals surface area (Å²) in [6.45, 7) is 7.35. The lowest BCUT2D eigenvalue weighted by Crippen LogP contribution is -2.58. The van der Waals surface area contributed by atoms with Crippen LogP contribution in [0, 0.1) is 0 Å². The summed E-state index contributed by atoms with van der Waals surface area (Å²) in [6.07, 6.45) is 0. The second-order valence-corrected chi connectivity index (χ2v) is 7.39. The predicted molar refractivity (Wildman–Crippen MR) is 99.2 cm³/mol. The number of carbonyl (C=O) groups is 2. The molecule has 1 aliphatic heterocycles. The fourth-order valence-electron chi connectivity index (χ4n) is 3.20. The summed E-state index contributed by atoms with van der Waals surface area (Å²) in [6, 6.07) is 17.6. The van der Waals surface area contributed by atoms with Gasteiger partial charge >= 0.3 is 0 Å². The first kappa shape index (κ1) is 17.2. The molecule has 0 spiro atoms. The topological polar surface area (TPSA) is 40.6 Å². The molecular formula is C21H24N2O2. The van der Waals surface area contributed by atoms with Gasteiger partial charge in [0.25, 0.3) is 5.91 Å². The van der Waals surface area contributed by atoms with Gasteiger partial charge in [0.1, 0.15) is 6.54 Å². The van der Waals surface area contributed by atoms with E-state index >= 15 is 0 Å². The molecule has 0 aliphatic carbocycles. The van der Waals surface area contributed by atoms with Gasteiger partial charge in [0.2, 0.25) is 5.91 Å². The maximum Gasteiger partial charge on any atom is 0.254 e. The smallest absolute Gasteiger partial charge is 0.254 e. The molecule has 0 N–H and O–H groups in total. The number of piperazine rings is 1. The van der Waals surface area contributed by atoms with Crippen LogP contribution in [0.3, 0.4) is 0 Å². The van der Waals surface area contributed by atoms with Gasteiger partial charge in [-0.15, -0.1) is 0 Å². The zero-order valence-corrected chi connectivity index (χ0v) is 15.0. The van der Waals surface area contributed by atoms with Crippen LogP contribution in [0.1, 0.15) is 31.1 Å². The molecule has 0 saturated carbocycles. The van der Waals surface area contributed by atoms with Crippen LogP contribution < -0.4 is 0 Å². The Labute approximate surface area is 149 Å². The molecule has 0 radical (unpaired) electrons. The van der Waals surface area contributed by atoms with E-state index in [9.17, 15) is 9.59 Å². The highest BCUT2D eigenvalue weighted by molar-refractivity contribution is 5.98. The zero-order chi connectivity index (χ0) is 18.0. The molecule has 1 aliphatic rings. The van der Waals surface area contributed by atoms with E-state index < -0.39 is 0 Å². The molecule has 1 fully saturated rings. The molecule has 25 heavy (non-hydrogen) atoms. The van der Waals surface area contributed by atoms with Crippen molar-refractivity contribution in [2.45, 2.75) is 26.3 Å². The van der Waals surface area contributed by atoms with Crippen molar-refractivity contribution >= 4 is 11.8 Å². The average molecular weight is 336 g/mol. The highest BCUT2D eigenvalue weighted by Gasteiger charge is 2.33. The molecular weight excluding hydrogens is 312 g/mol. The number of benzene rings is 2. The van der Waals surface area contributed by atoms with E-state index in [0.717, 1.165) is 11.1 Å². The summed E-state index contributed by atoms with van der Waals surface area (Å²) < 4.78 is 0. The van der Waals surface area contributed by atoms with E-state index in [4.69, 9.17) is 0 Å². The molecule has 4 nitrogen and oxygen atoms in total. The van der Waals surface area contributed by atoms with Crippen molar-refractivity contribution in [2.75, 3.05) is 19.6 Å². The lowest BCUT2D eigenvalue weighted by atomic mass is 10.0. The number of hydrogen-bond acceptors (Lipinski definition) is 2. The maximum absolute atomic E-state index is 12.8. The van der Waals surface area contributed by atoms with Gasteiger partial charge in [-0.3, -0.25) is 9.59 Å². The SMILES string of the molecule is CC(C)(C)N1CCN(C(=O)c2cccc(-c3ccccc3)c2)CC1=O. The first-order chi connectivity index (χ1) is 11.9. The van der Waals surface area contributed by atoms with Crippen molar-refractivity contribution in [3.63, 3.8) is 0 Å². The van der Waals surface area contributed by atoms with Gasteiger partial charge in [0.05, 0.1) is 0 Å². The van der Waals surface area contributed by atoms with Crippen LogP contribution in [0.15, 0.2) is 54.6 Å². The third-order valence-electron chi connectivity index (χ3n) is 4.53. The van der Waals surface area contributed by atoms with Crippen LogP contribution in [-0.4, -0.2) is 46.8 Å². The summed E-state index contributed by atoms with van der Waals surface area (Å²) in [7, 11) is 0. The predicted octanol–water partition coefficient (Wildman–Crippen LogP) is 3.44. The van der Waals surface area contributed by atoms with Crippen molar-refractivity contribution in [3.8, 4) is 11.1 Å². The third-order valence-corrected chi connectivity index (χ3v) is 4.53. The van der Waals surface area contributed by atoms with E-state index in [-0.39, 0.29) is 23.9 Å². The van der Waals surface area contributed by atoms with Crippen molar-refractivity contribution in [2.24, 2.45) is 0 Å². The van der Waals surface area contributed by atoms with Crippen LogP contribution in [0.4, 0.5) is 0 Å². The monoisotopic (exact) mass is 336 g/mol.